The highest BCUT2D eigenvalue weighted by molar-refractivity contribution is 5.82. The summed E-state index contributed by atoms with van der Waals surface area (Å²) >= 11 is 0. The van der Waals surface area contributed by atoms with E-state index >= 15 is 0 Å². The molecule has 0 radical (unpaired) electrons. The monoisotopic (exact) mass is 514 g/mol. The molecule has 1 saturated heterocycles. The zero-order valence-electron chi connectivity index (χ0n) is 21.5. The Bertz CT molecular complexity index is 1460. The molecule has 8 nitrogen and oxygen atoms in total. The molecule has 1 aromatic carbocycles. The predicted molar refractivity (Wildman–Crippen MR) is 142 cm³/mol. The second kappa shape index (κ2) is 10.5. The van der Waals surface area contributed by atoms with Crippen molar-refractivity contribution in [3.05, 3.63) is 71.7 Å². The molecule has 1 saturated carbocycles. The van der Waals surface area contributed by atoms with Crippen LogP contribution >= 0.6 is 0 Å². The number of imidazole rings is 1. The number of amides is 1. The number of nitrogens with zero attached hydrogens (tertiary/aromatic N) is 5. The number of aromatic nitrogens is 4. The van der Waals surface area contributed by atoms with Crippen LogP contribution in [0, 0.1) is 11.7 Å². The molecule has 9 heteroatoms. The van der Waals surface area contributed by atoms with Crippen molar-refractivity contribution in [2.45, 2.75) is 32.2 Å². The molecule has 1 aliphatic heterocycles. The molecular formula is C29H31FN6O2. The SMILES string of the molecule is COc1cc(-c2ccc3nc(Cc4cc(CN5CCN(C(=O)CC6CC6)CC5)ccn4)[nH]c3c2)c(F)cn1. The molecule has 4 heterocycles. The highest BCUT2D eigenvalue weighted by Gasteiger charge is 2.28. The minimum Gasteiger partial charge on any atom is -0.481 e. The Hall–Kier alpha value is -3.85. The molecule has 2 aliphatic rings. The van der Waals surface area contributed by atoms with Gasteiger partial charge in [-0.05, 0) is 54.2 Å². The molecule has 4 aromatic rings. The molecule has 3 aromatic heterocycles. The van der Waals surface area contributed by atoms with Gasteiger partial charge in [-0.25, -0.2) is 14.4 Å². The van der Waals surface area contributed by atoms with Crippen LogP contribution in [0.2, 0.25) is 0 Å². The van der Waals surface area contributed by atoms with Gasteiger partial charge in [0.25, 0.3) is 0 Å². The van der Waals surface area contributed by atoms with Crippen LogP contribution in [-0.4, -0.2) is 68.9 Å². The fraction of sp³-hybridized carbons (Fsp3) is 0.379. The van der Waals surface area contributed by atoms with E-state index in [4.69, 9.17) is 9.72 Å². The molecule has 2 fully saturated rings. The largest absolute Gasteiger partial charge is 0.481 e. The number of rotatable bonds is 8. The fourth-order valence-electron chi connectivity index (χ4n) is 5.07. The zero-order valence-corrected chi connectivity index (χ0v) is 21.5. The number of benzene rings is 1. The first kappa shape index (κ1) is 24.5. The van der Waals surface area contributed by atoms with Crippen molar-refractivity contribution in [3.63, 3.8) is 0 Å². The molecular weight excluding hydrogens is 483 g/mol. The van der Waals surface area contributed by atoms with Gasteiger partial charge in [-0.2, -0.15) is 0 Å². The number of aromatic amines is 1. The highest BCUT2D eigenvalue weighted by atomic mass is 19.1. The molecule has 0 spiro atoms. The number of ether oxygens (including phenoxy) is 1. The lowest BCUT2D eigenvalue weighted by molar-refractivity contribution is -0.133. The van der Waals surface area contributed by atoms with E-state index in [0.29, 0.717) is 29.7 Å². The molecule has 38 heavy (non-hydrogen) atoms. The summed E-state index contributed by atoms with van der Waals surface area (Å²) in [6.07, 6.45) is 6.74. The van der Waals surface area contributed by atoms with E-state index in [0.717, 1.165) is 67.3 Å². The summed E-state index contributed by atoms with van der Waals surface area (Å²) in [6, 6.07) is 11.4. The number of methoxy groups -OCH3 is 1. The van der Waals surface area contributed by atoms with E-state index in [9.17, 15) is 9.18 Å². The standard InChI is InChI=1S/C29H31FN6O2/c1-38-28-16-23(24(30)17-32-28)21-4-5-25-26(14-21)34-27(33-25)15-22-12-20(6-7-31-22)18-35-8-10-36(11-9-35)29(37)13-19-2-3-19/h4-7,12,14,16-17,19H,2-3,8-11,13,15,18H2,1H3,(H,33,34). The number of pyridine rings is 2. The predicted octanol–water partition coefficient (Wildman–Crippen LogP) is 4.20. The van der Waals surface area contributed by atoms with Gasteiger partial charge < -0.3 is 14.6 Å². The molecule has 196 valence electrons. The summed E-state index contributed by atoms with van der Waals surface area (Å²) < 4.78 is 19.6. The van der Waals surface area contributed by atoms with Crippen LogP contribution in [0.25, 0.3) is 22.2 Å². The van der Waals surface area contributed by atoms with Crippen molar-refractivity contribution in [1.82, 2.24) is 29.7 Å². The van der Waals surface area contributed by atoms with Gasteiger partial charge in [0.15, 0.2) is 0 Å². The Morgan fingerprint density at radius 3 is 2.74 bits per heavy atom. The summed E-state index contributed by atoms with van der Waals surface area (Å²) in [5.41, 5.74) is 4.93. The maximum atomic E-state index is 14.4. The first-order valence-corrected chi connectivity index (χ1v) is 13.2. The van der Waals surface area contributed by atoms with Gasteiger partial charge in [0.05, 0.1) is 24.3 Å². The second-order valence-corrected chi connectivity index (χ2v) is 10.3. The van der Waals surface area contributed by atoms with Crippen molar-refractivity contribution in [2.24, 2.45) is 5.92 Å². The first-order valence-electron chi connectivity index (χ1n) is 13.2. The van der Waals surface area contributed by atoms with E-state index in [1.54, 1.807) is 6.07 Å². The summed E-state index contributed by atoms with van der Waals surface area (Å²) in [4.78, 5) is 33.4. The van der Waals surface area contributed by atoms with Crippen LogP contribution in [0.1, 0.15) is 36.3 Å². The topological polar surface area (TPSA) is 87.2 Å². The number of H-pyrrole nitrogens is 1. The zero-order chi connectivity index (χ0) is 26.1. The van der Waals surface area contributed by atoms with Gasteiger partial charge in [-0.1, -0.05) is 6.07 Å². The maximum absolute atomic E-state index is 14.4. The minimum absolute atomic E-state index is 0.321. The second-order valence-electron chi connectivity index (χ2n) is 10.3. The molecule has 0 unspecified atom stereocenters. The molecule has 0 atom stereocenters. The van der Waals surface area contributed by atoms with E-state index in [1.807, 2.05) is 29.3 Å². The average molecular weight is 515 g/mol. The Morgan fingerprint density at radius 2 is 1.95 bits per heavy atom. The van der Waals surface area contributed by atoms with E-state index in [-0.39, 0.29) is 0 Å². The van der Waals surface area contributed by atoms with Gasteiger partial charge in [-0.15, -0.1) is 0 Å². The lowest BCUT2D eigenvalue weighted by Crippen LogP contribution is -2.48. The number of nitrogens with one attached hydrogen (secondary N) is 1. The summed E-state index contributed by atoms with van der Waals surface area (Å²) in [5, 5.41) is 0. The van der Waals surface area contributed by atoms with Crippen LogP contribution in [0.3, 0.4) is 0 Å². The number of hydrogen-bond donors (Lipinski definition) is 1. The van der Waals surface area contributed by atoms with Crippen molar-refractivity contribution in [1.29, 1.82) is 0 Å². The number of halogens is 1. The van der Waals surface area contributed by atoms with Crippen LogP contribution in [0.4, 0.5) is 4.39 Å². The van der Waals surface area contributed by atoms with E-state index in [2.05, 4.69) is 32.0 Å². The van der Waals surface area contributed by atoms with Gasteiger partial charge in [0.1, 0.15) is 11.6 Å². The summed E-state index contributed by atoms with van der Waals surface area (Å²) in [7, 11) is 1.51. The van der Waals surface area contributed by atoms with Crippen LogP contribution < -0.4 is 4.74 Å². The number of hydrogen-bond acceptors (Lipinski definition) is 6. The van der Waals surface area contributed by atoms with E-state index in [1.165, 1.54) is 31.7 Å². The number of fused-ring (bicyclic) bond motifs is 1. The number of carbonyl (C=O) groups excluding carboxylic acids is 1. The normalized spacial score (nSPS) is 16.2. The van der Waals surface area contributed by atoms with Gasteiger partial charge in [-0.3, -0.25) is 14.7 Å². The Kier molecular flexibility index (Phi) is 6.76. The lowest BCUT2D eigenvalue weighted by atomic mass is 10.1. The Morgan fingerprint density at radius 1 is 1.11 bits per heavy atom. The average Bonchev–Trinajstić information content (AvgIpc) is 3.65. The quantitative estimate of drug-likeness (QED) is 0.379. The molecule has 6 rings (SSSR count). The third-order valence-electron chi connectivity index (χ3n) is 7.40. The molecule has 1 aliphatic carbocycles. The molecule has 1 amide bonds. The van der Waals surface area contributed by atoms with Gasteiger partial charge in [0.2, 0.25) is 11.8 Å². The third kappa shape index (κ3) is 5.52. The number of piperazine rings is 1. The molecule has 1 N–H and O–H groups in total. The third-order valence-corrected chi connectivity index (χ3v) is 7.40. The highest BCUT2D eigenvalue weighted by Crippen LogP contribution is 2.33. The molecule has 0 bridgehead atoms. The van der Waals surface area contributed by atoms with Gasteiger partial charge in [0, 0.05) is 69.1 Å². The summed E-state index contributed by atoms with van der Waals surface area (Å²) in [6.45, 7) is 4.24. The van der Waals surface area contributed by atoms with Crippen LogP contribution in [0.5, 0.6) is 5.88 Å². The minimum atomic E-state index is -0.405. The Labute approximate surface area is 220 Å². The van der Waals surface area contributed by atoms with Crippen LogP contribution in [0.15, 0.2) is 48.8 Å². The van der Waals surface area contributed by atoms with Crippen molar-refractivity contribution in [3.8, 4) is 17.0 Å². The van der Waals surface area contributed by atoms with Gasteiger partial charge >= 0.3 is 0 Å². The lowest BCUT2D eigenvalue weighted by Gasteiger charge is -2.35. The first-order chi connectivity index (χ1) is 18.5. The van der Waals surface area contributed by atoms with Crippen molar-refractivity contribution >= 4 is 16.9 Å². The van der Waals surface area contributed by atoms with Crippen molar-refractivity contribution in [2.75, 3.05) is 33.3 Å². The maximum Gasteiger partial charge on any atom is 0.222 e. The van der Waals surface area contributed by atoms with Crippen LogP contribution in [-0.2, 0) is 17.8 Å². The summed E-state index contributed by atoms with van der Waals surface area (Å²) in [5.74, 6) is 1.72. The number of carbonyl (C=O) groups is 1. The van der Waals surface area contributed by atoms with Crippen molar-refractivity contribution < 1.29 is 13.9 Å². The smallest absolute Gasteiger partial charge is 0.222 e. The fourth-order valence-corrected chi connectivity index (χ4v) is 5.07. The van der Waals surface area contributed by atoms with E-state index < -0.39 is 5.82 Å². The Balaban J connectivity index is 1.10.